The molecule has 2 N–H and O–H groups in total. The molecule has 12 heteroatoms. The zero-order valence-corrected chi connectivity index (χ0v) is 18.8. The standard InChI is InChI=1S/C21H24N6O5S/c1-2-31-17-3-5-18(6-4-17)33(29,30)27-13-9-16(10-14-27)20(28)24-25-21-23-19(26-32-21)15-7-11-22-12-8-15/h3-8,11-12,16H,2,9-10,13-14H2,1H3,(H,24,28)(H,23,25,26). The molecule has 0 aliphatic carbocycles. The summed E-state index contributed by atoms with van der Waals surface area (Å²) in [6, 6.07) is 9.87. The molecule has 3 heterocycles. The van der Waals surface area contributed by atoms with Crippen LogP contribution in [0.4, 0.5) is 6.01 Å². The number of benzene rings is 1. The third-order valence-corrected chi connectivity index (χ3v) is 7.17. The molecule has 0 unspecified atom stereocenters. The lowest BCUT2D eigenvalue weighted by atomic mass is 9.98. The van der Waals surface area contributed by atoms with Crippen LogP contribution in [0.1, 0.15) is 19.8 Å². The van der Waals surface area contributed by atoms with Crippen LogP contribution >= 0.6 is 0 Å². The summed E-state index contributed by atoms with van der Waals surface area (Å²) in [5.41, 5.74) is 5.90. The summed E-state index contributed by atoms with van der Waals surface area (Å²) in [6.07, 6.45) is 4.03. The normalized spacial score (nSPS) is 15.2. The lowest BCUT2D eigenvalue weighted by molar-refractivity contribution is -0.125. The molecule has 174 valence electrons. The van der Waals surface area contributed by atoms with Gasteiger partial charge in [-0.15, -0.1) is 0 Å². The second-order valence-electron chi connectivity index (χ2n) is 7.36. The molecule has 0 atom stereocenters. The van der Waals surface area contributed by atoms with E-state index in [1.807, 2.05) is 6.92 Å². The second-order valence-corrected chi connectivity index (χ2v) is 9.29. The summed E-state index contributed by atoms with van der Waals surface area (Å²) in [5.74, 6) is 0.374. The predicted octanol–water partition coefficient (Wildman–Crippen LogP) is 2.07. The van der Waals surface area contributed by atoms with E-state index < -0.39 is 10.0 Å². The maximum absolute atomic E-state index is 12.9. The van der Waals surface area contributed by atoms with E-state index >= 15 is 0 Å². The number of aromatic nitrogens is 3. The number of rotatable bonds is 8. The van der Waals surface area contributed by atoms with Gasteiger partial charge in [-0.1, -0.05) is 5.16 Å². The summed E-state index contributed by atoms with van der Waals surface area (Å²) in [6.45, 7) is 2.87. The summed E-state index contributed by atoms with van der Waals surface area (Å²) in [7, 11) is -3.63. The Balaban J connectivity index is 1.28. The fourth-order valence-corrected chi connectivity index (χ4v) is 4.96. The molecule has 3 aromatic rings. The molecule has 0 bridgehead atoms. The second kappa shape index (κ2) is 9.96. The fraction of sp³-hybridized carbons (Fsp3) is 0.333. The number of carbonyl (C=O) groups is 1. The lowest BCUT2D eigenvalue weighted by Gasteiger charge is -2.30. The van der Waals surface area contributed by atoms with Crippen molar-refractivity contribution in [1.82, 2.24) is 24.9 Å². The van der Waals surface area contributed by atoms with Crippen LogP contribution in [0.3, 0.4) is 0 Å². The number of anilines is 1. The van der Waals surface area contributed by atoms with Crippen molar-refractivity contribution in [3.63, 3.8) is 0 Å². The van der Waals surface area contributed by atoms with Gasteiger partial charge in [-0.2, -0.15) is 9.29 Å². The van der Waals surface area contributed by atoms with Crippen LogP contribution in [0.2, 0.25) is 0 Å². The van der Waals surface area contributed by atoms with E-state index in [-0.39, 0.29) is 35.8 Å². The van der Waals surface area contributed by atoms with Gasteiger partial charge in [0.15, 0.2) is 0 Å². The highest BCUT2D eigenvalue weighted by atomic mass is 32.2. The summed E-state index contributed by atoms with van der Waals surface area (Å²) in [5, 5.41) is 3.85. The molecule has 0 saturated carbocycles. The number of pyridine rings is 1. The summed E-state index contributed by atoms with van der Waals surface area (Å²) >= 11 is 0. The van der Waals surface area contributed by atoms with Crippen LogP contribution in [0, 0.1) is 5.92 Å². The highest BCUT2D eigenvalue weighted by Gasteiger charge is 2.32. The van der Waals surface area contributed by atoms with Gasteiger partial charge >= 0.3 is 6.01 Å². The molecule has 0 radical (unpaired) electrons. The van der Waals surface area contributed by atoms with E-state index in [9.17, 15) is 13.2 Å². The van der Waals surface area contributed by atoms with Gasteiger partial charge in [0.25, 0.3) is 0 Å². The van der Waals surface area contributed by atoms with E-state index in [0.717, 1.165) is 5.56 Å². The molecular formula is C21H24N6O5S. The minimum Gasteiger partial charge on any atom is -0.494 e. The Labute approximate surface area is 191 Å². The van der Waals surface area contributed by atoms with Crippen LogP contribution in [-0.4, -0.2) is 53.5 Å². The molecule has 1 aromatic carbocycles. The van der Waals surface area contributed by atoms with Crippen LogP contribution in [0.15, 0.2) is 58.2 Å². The van der Waals surface area contributed by atoms with Crippen molar-refractivity contribution in [2.75, 3.05) is 25.1 Å². The number of nitrogens with zero attached hydrogens (tertiary/aromatic N) is 4. The number of hydrazine groups is 1. The fourth-order valence-electron chi connectivity index (χ4n) is 3.49. The third-order valence-electron chi connectivity index (χ3n) is 5.25. The Hall–Kier alpha value is -3.51. The van der Waals surface area contributed by atoms with Gasteiger partial charge in [0.2, 0.25) is 21.8 Å². The van der Waals surface area contributed by atoms with Crippen LogP contribution < -0.4 is 15.6 Å². The Morgan fingerprint density at radius 3 is 2.52 bits per heavy atom. The maximum atomic E-state index is 12.9. The molecule has 1 aliphatic heterocycles. The number of hydrogen-bond donors (Lipinski definition) is 2. The average molecular weight is 473 g/mol. The molecule has 1 amide bonds. The number of hydrogen-bond acceptors (Lipinski definition) is 9. The van der Waals surface area contributed by atoms with Crippen molar-refractivity contribution in [3.05, 3.63) is 48.8 Å². The SMILES string of the molecule is CCOc1ccc(S(=O)(=O)N2CCC(C(=O)NNc3nc(-c4ccncc4)no3)CC2)cc1. The summed E-state index contributed by atoms with van der Waals surface area (Å²) in [4.78, 5) is 20.8. The topological polar surface area (TPSA) is 140 Å². The van der Waals surface area contributed by atoms with Gasteiger partial charge < -0.3 is 9.26 Å². The molecule has 1 fully saturated rings. The van der Waals surface area contributed by atoms with Crippen LogP contribution in [0.5, 0.6) is 5.75 Å². The maximum Gasteiger partial charge on any atom is 0.340 e. The number of piperidine rings is 1. The highest BCUT2D eigenvalue weighted by molar-refractivity contribution is 7.89. The van der Waals surface area contributed by atoms with Gasteiger partial charge in [-0.3, -0.25) is 15.2 Å². The first-order valence-electron chi connectivity index (χ1n) is 10.5. The highest BCUT2D eigenvalue weighted by Crippen LogP contribution is 2.25. The molecule has 0 spiro atoms. The molecule has 2 aromatic heterocycles. The van der Waals surface area contributed by atoms with Crippen molar-refractivity contribution in [2.45, 2.75) is 24.7 Å². The zero-order chi connectivity index (χ0) is 23.3. The van der Waals surface area contributed by atoms with Crippen LogP contribution in [-0.2, 0) is 14.8 Å². The van der Waals surface area contributed by atoms with Gasteiger partial charge in [0.05, 0.1) is 11.5 Å². The van der Waals surface area contributed by atoms with Crippen molar-refractivity contribution in [2.24, 2.45) is 5.92 Å². The Morgan fingerprint density at radius 2 is 1.85 bits per heavy atom. The zero-order valence-electron chi connectivity index (χ0n) is 18.0. The molecular weight excluding hydrogens is 448 g/mol. The van der Waals surface area contributed by atoms with E-state index in [4.69, 9.17) is 9.26 Å². The first kappa shape index (κ1) is 22.7. The molecule has 1 aliphatic rings. The van der Waals surface area contributed by atoms with Gasteiger partial charge in [0, 0.05) is 37.0 Å². The number of amides is 1. The van der Waals surface area contributed by atoms with Gasteiger partial charge in [-0.25, -0.2) is 13.8 Å². The van der Waals surface area contributed by atoms with E-state index in [0.29, 0.717) is 31.0 Å². The third kappa shape index (κ3) is 5.29. The molecule has 1 saturated heterocycles. The van der Waals surface area contributed by atoms with Gasteiger partial charge in [0.1, 0.15) is 5.75 Å². The largest absolute Gasteiger partial charge is 0.494 e. The molecule has 33 heavy (non-hydrogen) atoms. The predicted molar refractivity (Wildman–Crippen MR) is 118 cm³/mol. The van der Waals surface area contributed by atoms with E-state index in [1.54, 1.807) is 36.7 Å². The van der Waals surface area contributed by atoms with Gasteiger partial charge in [-0.05, 0) is 56.2 Å². The monoisotopic (exact) mass is 472 g/mol. The smallest absolute Gasteiger partial charge is 0.340 e. The molecule has 11 nitrogen and oxygen atoms in total. The lowest BCUT2D eigenvalue weighted by Crippen LogP contribution is -2.44. The van der Waals surface area contributed by atoms with Crippen molar-refractivity contribution in [3.8, 4) is 17.1 Å². The van der Waals surface area contributed by atoms with E-state index in [2.05, 4.69) is 26.0 Å². The quantitative estimate of drug-likeness (QED) is 0.472. The Bertz CT molecular complexity index is 1180. The van der Waals surface area contributed by atoms with Crippen molar-refractivity contribution >= 4 is 21.9 Å². The molecule has 4 rings (SSSR count). The average Bonchev–Trinajstić information content (AvgIpc) is 3.33. The Morgan fingerprint density at radius 1 is 1.15 bits per heavy atom. The number of sulfonamides is 1. The van der Waals surface area contributed by atoms with Crippen molar-refractivity contribution in [1.29, 1.82) is 0 Å². The Kier molecular flexibility index (Phi) is 6.84. The number of nitrogens with one attached hydrogen (secondary N) is 2. The number of ether oxygens (including phenoxy) is 1. The minimum atomic E-state index is -3.63. The van der Waals surface area contributed by atoms with Crippen LogP contribution in [0.25, 0.3) is 11.4 Å². The first-order chi connectivity index (χ1) is 16.0. The first-order valence-corrected chi connectivity index (χ1v) is 11.9. The number of carbonyl (C=O) groups excluding carboxylic acids is 1. The summed E-state index contributed by atoms with van der Waals surface area (Å²) < 4.78 is 37.7. The van der Waals surface area contributed by atoms with Crippen molar-refractivity contribution < 1.29 is 22.5 Å². The van der Waals surface area contributed by atoms with E-state index in [1.165, 1.54) is 16.4 Å². The minimum absolute atomic E-state index is 0.0469.